The Morgan fingerprint density at radius 3 is 2.63 bits per heavy atom. The van der Waals surface area contributed by atoms with Gasteiger partial charge in [-0.05, 0) is 35.9 Å². The molecule has 4 rings (SSSR count). The number of nitrogens with one attached hydrogen (secondary N) is 1. The molecule has 27 heavy (non-hydrogen) atoms. The molecule has 0 saturated heterocycles. The number of primary amides is 1. The second-order valence-electron chi connectivity index (χ2n) is 6.04. The van der Waals surface area contributed by atoms with Crippen molar-refractivity contribution in [2.45, 2.75) is 6.04 Å². The van der Waals surface area contributed by atoms with Gasteiger partial charge in [-0.3, -0.25) is 14.4 Å². The highest BCUT2D eigenvalue weighted by molar-refractivity contribution is 6.31. The second kappa shape index (κ2) is 6.44. The van der Waals surface area contributed by atoms with Crippen LogP contribution >= 0.6 is 11.6 Å². The summed E-state index contributed by atoms with van der Waals surface area (Å²) in [4.78, 5) is 36.1. The molecule has 8 heteroatoms. The number of hydrogen-bond acceptors (Lipinski definition) is 5. The Morgan fingerprint density at radius 2 is 1.93 bits per heavy atom. The third-order valence-electron chi connectivity index (χ3n) is 4.25. The molecule has 1 unspecified atom stereocenters. The van der Waals surface area contributed by atoms with E-state index in [1.165, 1.54) is 6.07 Å². The first-order chi connectivity index (χ1) is 12.9. The Kier molecular flexibility index (Phi) is 4.08. The standard InChI is InChI=1S/C19H13ClN2O5/c20-10-3-6-13-12(7-10)17(24)15-16(22-19(25)18(15)27-13)9-1-4-11(5-2-9)26-8-14(21)23/h1-7,16H,8H2,(H2,21,23)(H,22,25). The summed E-state index contributed by atoms with van der Waals surface area (Å²) in [5.41, 5.74) is 5.94. The Balaban J connectivity index is 1.76. The molecule has 0 saturated carbocycles. The number of carbonyl (C=O) groups is 2. The minimum absolute atomic E-state index is 0.00567. The normalized spacial score (nSPS) is 15.4. The number of carbonyl (C=O) groups excluding carboxylic acids is 2. The number of nitrogens with two attached hydrogens (primary N) is 1. The van der Waals surface area contributed by atoms with Gasteiger partial charge >= 0.3 is 0 Å². The zero-order valence-electron chi connectivity index (χ0n) is 13.8. The molecule has 7 nitrogen and oxygen atoms in total. The van der Waals surface area contributed by atoms with Crippen molar-refractivity contribution < 1.29 is 18.7 Å². The van der Waals surface area contributed by atoms with E-state index in [1.807, 2.05) is 0 Å². The quantitative estimate of drug-likeness (QED) is 0.715. The van der Waals surface area contributed by atoms with Crippen LogP contribution in [0.1, 0.15) is 27.7 Å². The smallest absolute Gasteiger partial charge is 0.288 e. The van der Waals surface area contributed by atoms with Crippen LogP contribution in [-0.2, 0) is 4.79 Å². The van der Waals surface area contributed by atoms with Crippen molar-refractivity contribution in [1.29, 1.82) is 0 Å². The van der Waals surface area contributed by atoms with E-state index in [-0.39, 0.29) is 23.4 Å². The minimum atomic E-state index is -0.655. The minimum Gasteiger partial charge on any atom is -0.484 e. The van der Waals surface area contributed by atoms with Gasteiger partial charge in [0.15, 0.2) is 12.0 Å². The number of ether oxygens (including phenoxy) is 1. The fraction of sp³-hybridized carbons (Fsp3) is 0.105. The summed E-state index contributed by atoms with van der Waals surface area (Å²) in [6.45, 7) is -0.237. The maximum atomic E-state index is 13.0. The molecule has 2 aromatic carbocycles. The van der Waals surface area contributed by atoms with Crippen molar-refractivity contribution in [3.8, 4) is 5.75 Å². The zero-order chi connectivity index (χ0) is 19.1. The van der Waals surface area contributed by atoms with Gasteiger partial charge in [-0.15, -0.1) is 0 Å². The van der Waals surface area contributed by atoms with Crippen LogP contribution in [0.5, 0.6) is 5.75 Å². The summed E-state index contributed by atoms with van der Waals surface area (Å²) in [5, 5.41) is 3.47. The largest absolute Gasteiger partial charge is 0.484 e. The summed E-state index contributed by atoms with van der Waals surface area (Å²) >= 11 is 5.98. The molecule has 3 N–H and O–H groups in total. The number of amides is 2. The predicted molar refractivity (Wildman–Crippen MR) is 97.9 cm³/mol. The predicted octanol–water partition coefficient (Wildman–Crippen LogP) is 2.14. The topological polar surface area (TPSA) is 112 Å². The van der Waals surface area contributed by atoms with Crippen molar-refractivity contribution in [1.82, 2.24) is 5.32 Å². The van der Waals surface area contributed by atoms with E-state index in [9.17, 15) is 14.4 Å². The third-order valence-corrected chi connectivity index (χ3v) is 4.49. The van der Waals surface area contributed by atoms with Gasteiger partial charge in [-0.25, -0.2) is 0 Å². The van der Waals surface area contributed by atoms with Crippen LogP contribution in [0.25, 0.3) is 11.0 Å². The van der Waals surface area contributed by atoms with Crippen molar-refractivity contribution in [3.05, 3.63) is 74.6 Å². The van der Waals surface area contributed by atoms with E-state index < -0.39 is 17.9 Å². The van der Waals surface area contributed by atoms with Crippen molar-refractivity contribution in [2.75, 3.05) is 6.61 Å². The van der Waals surface area contributed by atoms with Crippen molar-refractivity contribution in [3.63, 3.8) is 0 Å². The summed E-state index contributed by atoms with van der Waals surface area (Å²) in [6, 6.07) is 10.7. The number of fused-ring (bicyclic) bond motifs is 2. The van der Waals surface area contributed by atoms with Gasteiger partial charge in [-0.1, -0.05) is 23.7 Å². The number of halogens is 1. The summed E-state index contributed by atoms with van der Waals surface area (Å²) in [6.07, 6.45) is 0. The van der Waals surface area contributed by atoms with Gasteiger partial charge in [0.05, 0.1) is 17.0 Å². The Labute approximate surface area is 157 Å². The van der Waals surface area contributed by atoms with E-state index >= 15 is 0 Å². The van der Waals surface area contributed by atoms with Crippen LogP contribution < -0.4 is 21.2 Å². The maximum absolute atomic E-state index is 13.0. The fourth-order valence-electron chi connectivity index (χ4n) is 3.04. The lowest BCUT2D eigenvalue weighted by Crippen LogP contribution is -2.22. The van der Waals surface area contributed by atoms with Crippen LogP contribution in [0.4, 0.5) is 0 Å². The van der Waals surface area contributed by atoms with Gasteiger partial charge in [0.1, 0.15) is 11.3 Å². The highest BCUT2D eigenvalue weighted by Crippen LogP contribution is 2.32. The molecule has 136 valence electrons. The van der Waals surface area contributed by atoms with Gasteiger partial charge in [-0.2, -0.15) is 0 Å². The summed E-state index contributed by atoms with van der Waals surface area (Å²) in [7, 11) is 0. The third kappa shape index (κ3) is 3.02. The van der Waals surface area contributed by atoms with Gasteiger partial charge in [0.25, 0.3) is 11.8 Å². The molecular weight excluding hydrogens is 372 g/mol. The summed E-state index contributed by atoms with van der Waals surface area (Å²) in [5.74, 6) is -0.606. The number of benzene rings is 2. The highest BCUT2D eigenvalue weighted by Gasteiger charge is 2.35. The second-order valence-corrected chi connectivity index (χ2v) is 6.48. The van der Waals surface area contributed by atoms with Crippen LogP contribution in [0.3, 0.4) is 0 Å². The van der Waals surface area contributed by atoms with Crippen molar-refractivity contribution in [2.24, 2.45) is 5.73 Å². The monoisotopic (exact) mass is 384 g/mol. The van der Waals surface area contributed by atoms with Crippen molar-refractivity contribution >= 4 is 34.4 Å². The molecule has 2 heterocycles. The molecule has 0 fully saturated rings. The maximum Gasteiger partial charge on any atom is 0.288 e. The lowest BCUT2D eigenvalue weighted by atomic mass is 9.99. The SMILES string of the molecule is NC(=O)COc1ccc(C2NC(=O)c3oc4ccc(Cl)cc4c(=O)c32)cc1. The molecule has 1 aliphatic heterocycles. The first kappa shape index (κ1) is 17.1. The highest BCUT2D eigenvalue weighted by atomic mass is 35.5. The molecule has 0 radical (unpaired) electrons. The van der Waals surface area contributed by atoms with E-state index in [4.69, 9.17) is 26.5 Å². The molecule has 0 aliphatic carbocycles. The fourth-order valence-corrected chi connectivity index (χ4v) is 3.21. The van der Waals surface area contributed by atoms with Crippen LogP contribution in [0, 0.1) is 0 Å². The van der Waals surface area contributed by atoms with E-state index in [2.05, 4.69) is 5.32 Å². The average Bonchev–Trinajstić information content (AvgIpc) is 2.98. The molecule has 0 spiro atoms. The molecule has 1 aromatic heterocycles. The first-order valence-electron chi connectivity index (χ1n) is 8.02. The van der Waals surface area contributed by atoms with E-state index in [0.717, 1.165) is 0 Å². The van der Waals surface area contributed by atoms with Gasteiger partial charge in [0.2, 0.25) is 5.76 Å². The zero-order valence-corrected chi connectivity index (χ0v) is 14.6. The molecule has 3 aromatic rings. The first-order valence-corrected chi connectivity index (χ1v) is 8.40. The van der Waals surface area contributed by atoms with Crippen LogP contribution in [0.2, 0.25) is 5.02 Å². The lowest BCUT2D eigenvalue weighted by molar-refractivity contribution is -0.119. The average molecular weight is 385 g/mol. The number of hydrogen-bond donors (Lipinski definition) is 2. The van der Waals surface area contributed by atoms with Gasteiger partial charge < -0.3 is 20.2 Å². The van der Waals surface area contributed by atoms with Crippen LogP contribution in [0.15, 0.2) is 51.7 Å². The Morgan fingerprint density at radius 1 is 1.19 bits per heavy atom. The molecule has 0 bridgehead atoms. The van der Waals surface area contributed by atoms with Gasteiger partial charge in [0, 0.05) is 5.02 Å². The van der Waals surface area contributed by atoms with E-state index in [0.29, 0.717) is 27.3 Å². The Hall–Kier alpha value is -3.32. The molecule has 2 amide bonds. The molecular formula is C19H13ClN2O5. The molecule has 1 atom stereocenters. The lowest BCUT2D eigenvalue weighted by Gasteiger charge is -2.12. The Bertz CT molecular complexity index is 1140. The summed E-state index contributed by atoms with van der Waals surface area (Å²) < 4.78 is 10.9. The number of rotatable bonds is 4. The molecule has 1 aliphatic rings. The van der Waals surface area contributed by atoms with Crippen LogP contribution in [-0.4, -0.2) is 18.4 Å². The van der Waals surface area contributed by atoms with E-state index in [1.54, 1.807) is 36.4 Å².